The number of benzene rings is 2. The number of aromatic amines is 1. The van der Waals surface area contributed by atoms with E-state index in [1.54, 1.807) is 36.5 Å². The fraction of sp³-hybridized carbons (Fsp3) is 0.261. The normalized spacial score (nSPS) is 15.2. The van der Waals surface area contributed by atoms with Gasteiger partial charge in [-0.2, -0.15) is 0 Å². The van der Waals surface area contributed by atoms with Crippen molar-refractivity contribution in [2.75, 3.05) is 26.1 Å². The second-order valence-corrected chi connectivity index (χ2v) is 7.34. The minimum absolute atomic E-state index is 0.264. The quantitative estimate of drug-likeness (QED) is 0.628. The molecule has 31 heavy (non-hydrogen) atoms. The number of rotatable bonds is 4. The molecule has 0 bridgehead atoms. The number of fused-ring (bicyclic) bond motifs is 1. The number of ether oxygens (including phenoxy) is 2. The summed E-state index contributed by atoms with van der Waals surface area (Å²) in [7, 11) is 2.95. The average Bonchev–Trinajstić information content (AvgIpc) is 3.28. The molecule has 1 aliphatic rings. The number of nitrogens with zero attached hydrogens (tertiary/aromatic N) is 2. The highest BCUT2D eigenvalue weighted by Gasteiger charge is 2.34. The Morgan fingerprint density at radius 2 is 1.94 bits per heavy atom. The minimum Gasteiger partial charge on any atom is -0.497 e. The first-order valence-corrected chi connectivity index (χ1v) is 9.94. The number of urea groups is 1. The lowest BCUT2D eigenvalue weighted by atomic mass is 9.96. The SMILES string of the molecule is COC(=O)c1ccc(C)c(NC(=O)N2CCc3[nH]cnc3[C@@H]2c2ccc(OC)cc2)c1. The van der Waals surface area contributed by atoms with E-state index >= 15 is 0 Å². The highest BCUT2D eigenvalue weighted by molar-refractivity contribution is 5.95. The summed E-state index contributed by atoms with van der Waals surface area (Å²) < 4.78 is 10.1. The van der Waals surface area contributed by atoms with Crippen molar-refractivity contribution in [3.05, 3.63) is 76.9 Å². The van der Waals surface area contributed by atoms with Crippen LogP contribution in [0.15, 0.2) is 48.8 Å². The summed E-state index contributed by atoms with van der Waals surface area (Å²) in [6, 6.07) is 12.1. The third-order valence-electron chi connectivity index (χ3n) is 5.52. The maximum absolute atomic E-state index is 13.3. The van der Waals surface area contributed by atoms with Gasteiger partial charge < -0.3 is 24.7 Å². The van der Waals surface area contributed by atoms with Crippen molar-refractivity contribution in [1.82, 2.24) is 14.9 Å². The van der Waals surface area contributed by atoms with Gasteiger partial charge in [0.25, 0.3) is 0 Å². The summed E-state index contributed by atoms with van der Waals surface area (Å²) in [5.41, 5.74) is 4.57. The number of aryl methyl sites for hydroxylation is 1. The maximum Gasteiger partial charge on any atom is 0.337 e. The van der Waals surface area contributed by atoms with Crippen LogP contribution in [0, 0.1) is 6.92 Å². The molecule has 2 amide bonds. The molecule has 2 N–H and O–H groups in total. The summed E-state index contributed by atoms with van der Waals surface area (Å²) in [5, 5.41) is 2.96. The number of hydrogen-bond acceptors (Lipinski definition) is 5. The highest BCUT2D eigenvalue weighted by Crippen LogP contribution is 2.34. The van der Waals surface area contributed by atoms with Crippen molar-refractivity contribution in [3.63, 3.8) is 0 Å². The summed E-state index contributed by atoms with van der Waals surface area (Å²) in [6.07, 6.45) is 2.34. The molecule has 3 aromatic rings. The zero-order chi connectivity index (χ0) is 22.0. The Labute approximate surface area is 180 Å². The van der Waals surface area contributed by atoms with Crippen LogP contribution in [-0.4, -0.2) is 47.6 Å². The van der Waals surface area contributed by atoms with E-state index in [9.17, 15) is 9.59 Å². The Morgan fingerprint density at radius 1 is 1.16 bits per heavy atom. The van der Waals surface area contributed by atoms with Gasteiger partial charge in [0, 0.05) is 24.3 Å². The lowest BCUT2D eigenvalue weighted by Gasteiger charge is -2.35. The van der Waals surface area contributed by atoms with Crippen molar-refractivity contribution in [2.24, 2.45) is 0 Å². The summed E-state index contributed by atoms with van der Waals surface area (Å²) in [5.74, 6) is 0.291. The molecule has 8 heteroatoms. The largest absolute Gasteiger partial charge is 0.497 e. The Hall–Kier alpha value is -3.81. The molecule has 0 radical (unpaired) electrons. The summed E-state index contributed by atoms with van der Waals surface area (Å²) in [4.78, 5) is 34.7. The Morgan fingerprint density at radius 3 is 2.65 bits per heavy atom. The molecule has 160 valence electrons. The van der Waals surface area contributed by atoms with Crippen LogP contribution in [0.2, 0.25) is 0 Å². The van der Waals surface area contributed by atoms with Crippen LogP contribution >= 0.6 is 0 Å². The number of carbonyl (C=O) groups excluding carboxylic acids is 2. The van der Waals surface area contributed by atoms with Gasteiger partial charge in [0.05, 0.1) is 31.8 Å². The number of esters is 1. The van der Waals surface area contributed by atoms with Crippen LogP contribution in [-0.2, 0) is 11.2 Å². The molecular weight excluding hydrogens is 396 g/mol. The van der Waals surface area contributed by atoms with Crippen molar-refractivity contribution in [2.45, 2.75) is 19.4 Å². The molecule has 1 aromatic heterocycles. The predicted molar refractivity (Wildman–Crippen MR) is 115 cm³/mol. The fourth-order valence-corrected chi connectivity index (χ4v) is 3.81. The molecule has 8 nitrogen and oxygen atoms in total. The average molecular weight is 420 g/mol. The first-order valence-electron chi connectivity index (χ1n) is 9.94. The van der Waals surface area contributed by atoms with Gasteiger partial charge in [-0.1, -0.05) is 18.2 Å². The van der Waals surface area contributed by atoms with Gasteiger partial charge in [-0.05, 0) is 42.3 Å². The third kappa shape index (κ3) is 3.96. The van der Waals surface area contributed by atoms with E-state index in [0.717, 1.165) is 28.3 Å². The molecule has 2 aromatic carbocycles. The number of methoxy groups -OCH3 is 2. The zero-order valence-electron chi connectivity index (χ0n) is 17.6. The Balaban J connectivity index is 1.65. The van der Waals surface area contributed by atoms with Gasteiger partial charge in [0.1, 0.15) is 11.8 Å². The molecule has 0 fully saturated rings. The summed E-state index contributed by atoms with van der Waals surface area (Å²) >= 11 is 0. The Bertz CT molecular complexity index is 1110. The van der Waals surface area contributed by atoms with Gasteiger partial charge in [0.2, 0.25) is 0 Å². The van der Waals surface area contributed by atoms with Gasteiger partial charge in [-0.15, -0.1) is 0 Å². The number of nitrogens with one attached hydrogen (secondary N) is 2. The van der Waals surface area contributed by atoms with Crippen LogP contribution < -0.4 is 10.1 Å². The second-order valence-electron chi connectivity index (χ2n) is 7.34. The fourth-order valence-electron chi connectivity index (χ4n) is 3.81. The third-order valence-corrected chi connectivity index (χ3v) is 5.52. The lowest BCUT2D eigenvalue weighted by molar-refractivity contribution is 0.0600. The van der Waals surface area contributed by atoms with Gasteiger partial charge in [0.15, 0.2) is 0 Å². The highest BCUT2D eigenvalue weighted by atomic mass is 16.5. The zero-order valence-corrected chi connectivity index (χ0v) is 17.6. The standard InChI is InChI=1S/C23H24N4O4/c1-14-4-5-16(22(28)31-3)12-19(14)26-23(29)27-11-10-18-20(25-13-24-18)21(27)15-6-8-17(30-2)9-7-15/h4-9,12-13,21H,10-11H2,1-3H3,(H,24,25)(H,26,29)/t21-/m0/s1. The molecule has 0 saturated carbocycles. The first-order chi connectivity index (χ1) is 15.0. The van der Waals surface area contributed by atoms with E-state index in [4.69, 9.17) is 9.47 Å². The monoisotopic (exact) mass is 420 g/mol. The van der Waals surface area contributed by atoms with Crippen molar-refractivity contribution in [3.8, 4) is 5.75 Å². The van der Waals surface area contributed by atoms with Crippen LogP contribution in [0.4, 0.5) is 10.5 Å². The number of anilines is 1. The first kappa shape index (κ1) is 20.5. The molecule has 1 aliphatic heterocycles. The van der Waals surface area contributed by atoms with Crippen LogP contribution in [0.1, 0.15) is 38.9 Å². The van der Waals surface area contributed by atoms with Crippen molar-refractivity contribution < 1.29 is 19.1 Å². The molecule has 0 unspecified atom stereocenters. The van der Waals surface area contributed by atoms with Gasteiger partial charge in [-0.25, -0.2) is 14.6 Å². The molecule has 4 rings (SSSR count). The van der Waals surface area contributed by atoms with Crippen LogP contribution in [0.5, 0.6) is 5.75 Å². The molecular formula is C23H24N4O4. The van der Waals surface area contributed by atoms with E-state index < -0.39 is 5.97 Å². The molecule has 0 aliphatic carbocycles. The maximum atomic E-state index is 13.3. The number of imidazole rings is 1. The lowest BCUT2D eigenvalue weighted by Crippen LogP contribution is -2.43. The van der Waals surface area contributed by atoms with E-state index in [1.807, 2.05) is 31.2 Å². The molecule has 2 heterocycles. The van der Waals surface area contributed by atoms with Gasteiger partial charge in [-0.3, -0.25) is 0 Å². The van der Waals surface area contributed by atoms with E-state index in [0.29, 0.717) is 24.2 Å². The second kappa shape index (κ2) is 8.51. The topological polar surface area (TPSA) is 96.6 Å². The van der Waals surface area contributed by atoms with E-state index in [2.05, 4.69) is 15.3 Å². The Kier molecular flexibility index (Phi) is 5.62. The van der Waals surface area contributed by atoms with Crippen molar-refractivity contribution in [1.29, 1.82) is 0 Å². The van der Waals surface area contributed by atoms with Crippen molar-refractivity contribution >= 4 is 17.7 Å². The minimum atomic E-state index is -0.453. The van der Waals surface area contributed by atoms with Crippen LogP contribution in [0.25, 0.3) is 0 Å². The number of hydrogen-bond donors (Lipinski definition) is 2. The number of aromatic nitrogens is 2. The van der Waals surface area contributed by atoms with Gasteiger partial charge >= 0.3 is 12.0 Å². The molecule has 0 saturated heterocycles. The van der Waals surface area contributed by atoms with E-state index in [1.165, 1.54) is 7.11 Å². The van der Waals surface area contributed by atoms with Crippen LogP contribution in [0.3, 0.4) is 0 Å². The summed E-state index contributed by atoms with van der Waals surface area (Å²) in [6.45, 7) is 2.40. The molecule has 1 atom stereocenters. The smallest absolute Gasteiger partial charge is 0.337 e. The molecule has 0 spiro atoms. The number of H-pyrrole nitrogens is 1. The predicted octanol–water partition coefficient (Wildman–Crippen LogP) is 3.69. The number of amides is 2. The number of carbonyl (C=O) groups is 2. The van der Waals surface area contributed by atoms with E-state index in [-0.39, 0.29) is 12.1 Å².